The fraction of sp³-hybridized carbons (Fsp3) is 0.467. The largest absolute Gasteiger partial charge is 0.392 e. The van der Waals surface area contributed by atoms with Gasteiger partial charge in [0.05, 0.1) is 12.4 Å². The average molecular weight is 324 g/mol. The fourth-order valence-electron chi connectivity index (χ4n) is 1.90. The highest BCUT2D eigenvalue weighted by Gasteiger charge is 2.28. The number of hydrogen-bond donors (Lipinski definition) is 1. The van der Waals surface area contributed by atoms with E-state index in [2.05, 4.69) is 10.1 Å². The first kappa shape index (κ1) is 16.6. The van der Waals surface area contributed by atoms with Crippen LogP contribution in [-0.2, 0) is 22.2 Å². The zero-order chi connectivity index (χ0) is 16.3. The van der Waals surface area contributed by atoms with Crippen LogP contribution in [0.1, 0.15) is 54.8 Å². The molecule has 1 aromatic carbocycles. The molecule has 1 aromatic heterocycles. The molecule has 0 radical (unpaired) electrons. The first-order valence-corrected chi connectivity index (χ1v) is 8.78. The van der Waals surface area contributed by atoms with E-state index in [0.717, 1.165) is 5.56 Å². The fourth-order valence-corrected chi connectivity index (χ4v) is 3.21. The minimum absolute atomic E-state index is 0.0661. The minimum Gasteiger partial charge on any atom is -0.392 e. The zero-order valence-corrected chi connectivity index (χ0v) is 13.7. The molecule has 0 aliphatic rings. The number of benzene rings is 1. The molecule has 22 heavy (non-hydrogen) atoms. The third-order valence-electron chi connectivity index (χ3n) is 3.43. The van der Waals surface area contributed by atoms with Gasteiger partial charge in [-0.2, -0.15) is 4.98 Å². The van der Waals surface area contributed by atoms with Crippen molar-refractivity contribution in [2.24, 2.45) is 0 Å². The summed E-state index contributed by atoms with van der Waals surface area (Å²) in [7, 11) is -3.46. The van der Waals surface area contributed by atoms with E-state index < -0.39 is 15.1 Å². The Morgan fingerprint density at radius 2 is 1.73 bits per heavy atom. The van der Waals surface area contributed by atoms with Gasteiger partial charge in [0.2, 0.25) is 5.89 Å². The van der Waals surface area contributed by atoms with Crippen LogP contribution < -0.4 is 0 Å². The molecule has 1 atom stereocenters. The molecule has 0 saturated carbocycles. The number of nitrogens with zero attached hydrogens (tertiary/aromatic N) is 2. The Labute approximate surface area is 130 Å². The topological polar surface area (TPSA) is 93.3 Å². The molecular formula is C15H20N2O4S. The van der Waals surface area contributed by atoms with Gasteiger partial charge in [0.25, 0.3) is 0 Å². The summed E-state index contributed by atoms with van der Waals surface area (Å²) in [6.45, 7) is 5.31. The van der Waals surface area contributed by atoms with Crippen molar-refractivity contribution in [3.8, 4) is 0 Å². The standard InChI is InChI=1S/C15H20N2O4S/c1-10(2)14-16-15(21-17-14)11(3)22(19,20)9-13-6-4-12(8-18)5-7-13/h4-7,10-11,18H,8-9H2,1-3H3. The van der Waals surface area contributed by atoms with Gasteiger partial charge in [0.1, 0.15) is 5.25 Å². The molecule has 0 amide bonds. The van der Waals surface area contributed by atoms with Gasteiger partial charge in [-0.1, -0.05) is 43.3 Å². The van der Waals surface area contributed by atoms with E-state index in [9.17, 15) is 8.42 Å². The van der Waals surface area contributed by atoms with E-state index >= 15 is 0 Å². The second-order valence-electron chi connectivity index (χ2n) is 5.57. The van der Waals surface area contributed by atoms with Crippen LogP contribution in [0.25, 0.3) is 0 Å². The maximum absolute atomic E-state index is 12.5. The summed E-state index contributed by atoms with van der Waals surface area (Å²) in [5, 5.41) is 11.9. The van der Waals surface area contributed by atoms with E-state index in [-0.39, 0.29) is 24.2 Å². The van der Waals surface area contributed by atoms with Crippen molar-refractivity contribution in [1.82, 2.24) is 10.1 Å². The number of aromatic nitrogens is 2. The lowest BCUT2D eigenvalue weighted by Gasteiger charge is -2.09. The lowest BCUT2D eigenvalue weighted by Crippen LogP contribution is -2.13. The molecule has 2 aromatic rings. The lowest BCUT2D eigenvalue weighted by molar-refractivity contribution is 0.282. The van der Waals surface area contributed by atoms with Gasteiger partial charge >= 0.3 is 0 Å². The molecular weight excluding hydrogens is 304 g/mol. The summed E-state index contributed by atoms with van der Waals surface area (Å²) >= 11 is 0. The van der Waals surface area contributed by atoms with Crippen molar-refractivity contribution < 1.29 is 18.0 Å². The quantitative estimate of drug-likeness (QED) is 0.876. The Kier molecular flexibility index (Phi) is 4.97. The highest BCUT2D eigenvalue weighted by molar-refractivity contribution is 7.90. The maximum atomic E-state index is 12.5. The number of rotatable bonds is 6. The van der Waals surface area contributed by atoms with Crippen LogP contribution in [0.15, 0.2) is 28.8 Å². The Morgan fingerprint density at radius 1 is 1.14 bits per heavy atom. The van der Waals surface area contributed by atoms with Gasteiger partial charge in [0, 0.05) is 5.92 Å². The number of aliphatic hydroxyl groups excluding tert-OH is 1. The third kappa shape index (κ3) is 3.72. The smallest absolute Gasteiger partial charge is 0.244 e. The van der Waals surface area contributed by atoms with Crippen LogP contribution in [0, 0.1) is 0 Å². The first-order chi connectivity index (χ1) is 10.3. The van der Waals surface area contributed by atoms with Gasteiger partial charge in [-0.3, -0.25) is 0 Å². The van der Waals surface area contributed by atoms with Crippen LogP contribution in [-0.4, -0.2) is 23.7 Å². The van der Waals surface area contributed by atoms with E-state index in [0.29, 0.717) is 11.4 Å². The van der Waals surface area contributed by atoms with E-state index in [1.54, 1.807) is 31.2 Å². The highest BCUT2D eigenvalue weighted by Crippen LogP contribution is 2.25. The Balaban J connectivity index is 2.17. The van der Waals surface area contributed by atoms with Crippen LogP contribution in [0.2, 0.25) is 0 Å². The monoisotopic (exact) mass is 324 g/mol. The molecule has 2 rings (SSSR count). The number of aliphatic hydroxyl groups is 1. The predicted molar refractivity (Wildman–Crippen MR) is 81.8 cm³/mol. The highest BCUT2D eigenvalue weighted by atomic mass is 32.2. The maximum Gasteiger partial charge on any atom is 0.244 e. The summed E-state index contributed by atoms with van der Waals surface area (Å²) in [5.74, 6) is 0.595. The second-order valence-corrected chi connectivity index (χ2v) is 7.89. The molecule has 0 aliphatic heterocycles. The molecule has 1 heterocycles. The van der Waals surface area contributed by atoms with Gasteiger partial charge in [-0.15, -0.1) is 0 Å². The van der Waals surface area contributed by atoms with Gasteiger partial charge in [0.15, 0.2) is 15.7 Å². The summed E-state index contributed by atoms with van der Waals surface area (Å²) in [5.41, 5.74) is 1.40. The molecule has 1 N–H and O–H groups in total. The van der Waals surface area contributed by atoms with E-state index in [1.165, 1.54) is 0 Å². The summed E-state index contributed by atoms with van der Waals surface area (Å²) in [6, 6.07) is 6.81. The summed E-state index contributed by atoms with van der Waals surface area (Å²) in [4.78, 5) is 4.15. The molecule has 0 bridgehead atoms. The van der Waals surface area contributed by atoms with Gasteiger partial charge in [-0.05, 0) is 18.1 Å². The summed E-state index contributed by atoms with van der Waals surface area (Å²) < 4.78 is 30.0. The molecule has 1 unspecified atom stereocenters. The molecule has 7 heteroatoms. The third-order valence-corrected chi connectivity index (χ3v) is 5.45. The molecule has 6 nitrogen and oxygen atoms in total. The van der Waals surface area contributed by atoms with Crippen LogP contribution >= 0.6 is 0 Å². The van der Waals surface area contributed by atoms with Crippen molar-refractivity contribution in [1.29, 1.82) is 0 Å². The number of hydrogen-bond acceptors (Lipinski definition) is 6. The summed E-state index contributed by atoms with van der Waals surface area (Å²) in [6.07, 6.45) is 0. The van der Waals surface area contributed by atoms with Gasteiger partial charge < -0.3 is 9.63 Å². The van der Waals surface area contributed by atoms with Gasteiger partial charge in [-0.25, -0.2) is 8.42 Å². The second kappa shape index (κ2) is 6.58. The Hall–Kier alpha value is -1.73. The van der Waals surface area contributed by atoms with Crippen LogP contribution in [0.4, 0.5) is 0 Å². The van der Waals surface area contributed by atoms with Crippen molar-refractivity contribution in [2.45, 2.75) is 44.3 Å². The Bertz CT molecular complexity index is 720. The predicted octanol–water partition coefficient (Wildman–Crippen LogP) is 2.36. The molecule has 0 spiro atoms. The SMILES string of the molecule is CC(C)c1noc(C(C)S(=O)(=O)Cc2ccc(CO)cc2)n1. The van der Waals surface area contributed by atoms with Crippen molar-refractivity contribution >= 4 is 9.84 Å². The normalized spacial score (nSPS) is 13.5. The Morgan fingerprint density at radius 3 is 2.23 bits per heavy atom. The lowest BCUT2D eigenvalue weighted by atomic mass is 10.2. The van der Waals surface area contributed by atoms with Crippen LogP contribution in [0.3, 0.4) is 0 Å². The minimum atomic E-state index is -3.46. The molecule has 120 valence electrons. The van der Waals surface area contributed by atoms with E-state index in [1.807, 2.05) is 13.8 Å². The molecule has 0 fully saturated rings. The first-order valence-electron chi connectivity index (χ1n) is 7.07. The van der Waals surface area contributed by atoms with Crippen molar-refractivity contribution in [3.05, 3.63) is 47.1 Å². The molecule has 0 saturated heterocycles. The average Bonchev–Trinajstić information content (AvgIpc) is 2.96. The van der Waals surface area contributed by atoms with E-state index in [4.69, 9.17) is 9.63 Å². The van der Waals surface area contributed by atoms with Crippen molar-refractivity contribution in [2.75, 3.05) is 0 Å². The molecule has 0 aliphatic carbocycles. The van der Waals surface area contributed by atoms with Crippen LogP contribution in [0.5, 0.6) is 0 Å². The zero-order valence-electron chi connectivity index (χ0n) is 12.9. The number of sulfone groups is 1. The van der Waals surface area contributed by atoms with Crippen molar-refractivity contribution in [3.63, 3.8) is 0 Å².